The molecule has 1 fully saturated rings. The molecule has 1 saturated heterocycles. The fourth-order valence-corrected chi connectivity index (χ4v) is 2.26. The molecule has 0 aliphatic carbocycles. The van der Waals surface area contributed by atoms with Gasteiger partial charge in [0.15, 0.2) is 0 Å². The van der Waals surface area contributed by atoms with E-state index in [2.05, 4.69) is 48.2 Å². The zero-order chi connectivity index (χ0) is 11.4. The van der Waals surface area contributed by atoms with Gasteiger partial charge in [-0.25, -0.2) is 0 Å². The minimum atomic E-state index is 0.143. The van der Waals surface area contributed by atoms with Crippen LogP contribution >= 0.6 is 0 Å². The second kappa shape index (κ2) is 5.28. The number of rotatable bonds is 4. The topological polar surface area (TPSA) is 23.5 Å². The Kier molecular flexibility index (Phi) is 3.75. The van der Waals surface area contributed by atoms with E-state index >= 15 is 0 Å². The van der Waals surface area contributed by atoms with Crippen molar-refractivity contribution in [3.8, 4) is 0 Å². The summed E-state index contributed by atoms with van der Waals surface area (Å²) >= 11 is 0. The number of hydrogen-bond donors (Lipinski definition) is 1. The highest BCUT2D eigenvalue weighted by molar-refractivity contribution is 5.20. The Hall–Kier alpha value is -1.12. The fraction of sp³-hybridized carbons (Fsp3) is 0.429. The molecular formula is C14H19NO. The summed E-state index contributed by atoms with van der Waals surface area (Å²) in [6.45, 7) is 3.54. The number of nitrogens with zero attached hydrogens (tertiary/aromatic N) is 1. The molecule has 1 heterocycles. The van der Waals surface area contributed by atoms with Crippen molar-refractivity contribution in [3.63, 3.8) is 0 Å². The van der Waals surface area contributed by atoms with Gasteiger partial charge in [-0.05, 0) is 18.9 Å². The first-order valence-corrected chi connectivity index (χ1v) is 5.91. The van der Waals surface area contributed by atoms with Crippen molar-refractivity contribution < 1.29 is 5.11 Å². The number of hydrogen-bond acceptors (Lipinski definition) is 2. The van der Waals surface area contributed by atoms with Gasteiger partial charge in [-0.15, -0.1) is 0 Å². The summed E-state index contributed by atoms with van der Waals surface area (Å²) in [5.74, 6) is 0. The molecule has 1 aromatic carbocycles. The lowest BCUT2D eigenvalue weighted by molar-refractivity contribution is 0.0783. The molecule has 2 atom stereocenters. The Morgan fingerprint density at radius 3 is 2.75 bits per heavy atom. The zero-order valence-electron chi connectivity index (χ0n) is 9.71. The molecular weight excluding hydrogens is 198 g/mol. The number of aliphatic hydroxyl groups excluding tert-OH is 1. The van der Waals surface area contributed by atoms with Crippen LogP contribution < -0.4 is 0 Å². The molecule has 0 spiro atoms. The third-order valence-corrected chi connectivity index (χ3v) is 3.35. The van der Waals surface area contributed by atoms with Crippen molar-refractivity contribution >= 4 is 0 Å². The quantitative estimate of drug-likeness (QED) is 0.783. The van der Waals surface area contributed by atoms with Gasteiger partial charge in [0.05, 0.1) is 6.61 Å². The van der Waals surface area contributed by atoms with Gasteiger partial charge in [-0.3, -0.25) is 4.90 Å². The summed E-state index contributed by atoms with van der Waals surface area (Å²) in [5, 5.41) is 8.77. The van der Waals surface area contributed by atoms with Crippen LogP contribution in [0.4, 0.5) is 0 Å². The monoisotopic (exact) mass is 217 g/mol. The average Bonchev–Trinajstić information content (AvgIpc) is 2.29. The van der Waals surface area contributed by atoms with Crippen molar-refractivity contribution in [1.82, 2.24) is 4.90 Å². The van der Waals surface area contributed by atoms with E-state index in [1.807, 2.05) is 6.08 Å². The van der Waals surface area contributed by atoms with Gasteiger partial charge in [-0.2, -0.15) is 0 Å². The lowest BCUT2D eigenvalue weighted by Gasteiger charge is -2.43. The molecule has 0 bridgehead atoms. The molecule has 0 radical (unpaired) electrons. The fourth-order valence-electron chi connectivity index (χ4n) is 2.26. The van der Waals surface area contributed by atoms with E-state index in [4.69, 9.17) is 5.11 Å². The third-order valence-electron chi connectivity index (χ3n) is 3.35. The van der Waals surface area contributed by atoms with Crippen LogP contribution in [0.15, 0.2) is 42.5 Å². The standard InChI is InChI=1S/C14H19NO/c1-12(13-6-3-2-4-7-13)15-10-9-14(15)8-5-11-16/h2-8,12,14,16H,9-11H2,1H3/b8-5+/t12-,14+/m1/s1. The van der Waals surface area contributed by atoms with Gasteiger partial charge in [0, 0.05) is 18.6 Å². The maximum Gasteiger partial charge on any atom is 0.0612 e. The molecule has 1 aliphatic heterocycles. The second-order valence-corrected chi connectivity index (χ2v) is 4.29. The summed E-state index contributed by atoms with van der Waals surface area (Å²) in [5.41, 5.74) is 1.37. The molecule has 0 amide bonds. The van der Waals surface area contributed by atoms with Crippen molar-refractivity contribution in [2.24, 2.45) is 0 Å². The van der Waals surface area contributed by atoms with Gasteiger partial charge in [0.25, 0.3) is 0 Å². The van der Waals surface area contributed by atoms with Crippen LogP contribution in [0.2, 0.25) is 0 Å². The molecule has 1 aromatic rings. The molecule has 16 heavy (non-hydrogen) atoms. The van der Waals surface area contributed by atoms with Crippen LogP contribution in [0.1, 0.15) is 24.9 Å². The van der Waals surface area contributed by atoms with Gasteiger partial charge in [0.1, 0.15) is 0 Å². The molecule has 2 nitrogen and oxygen atoms in total. The molecule has 1 N–H and O–H groups in total. The Bertz CT molecular complexity index is 347. The molecule has 86 valence electrons. The Balaban J connectivity index is 2.00. The minimum absolute atomic E-state index is 0.143. The van der Waals surface area contributed by atoms with E-state index in [1.54, 1.807) is 0 Å². The largest absolute Gasteiger partial charge is 0.392 e. The number of benzene rings is 1. The van der Waals surface area contributed by atoms with Crippen LogP contribution in [-0.4, -0.2) is 29.2 Å². The van der Waals surface area contributed by atoms with Crippen molar-refractivity contribution in [2.75, 3.05) is 13.2 Å². The van der Waals surface area contributed by atoms with Gasteiger partial charge >= 0.3 is 0 Å². The average molecular weight is 217 g/mol. The van der Waals surface area contributed by atoms with Crippen LogP contribution in [0.5, 0.6) is 0 Å². The molecule has 2 rings (SSSR count). The van der Waals surface area contributed by atoms with Crippen LogP contribution in [-0.2, 0) is 0 Å². The van der Waals surface area contributed by atoms with E-state index < -0.39 is 0 Å². The first-order valence-electron chi connectivity index (χ1n) is 5.91. The molecule has 0 aromatic heterocycles. The normalized spacial score (nSPS) is 23.2. The maximum atomic E-state index is 8.77. The molecule has 0 unspecified atom stereocenters. The minimum Gasteiger partial charge on any atom is -0.392 e. The van der Waals surface area contributed by atoms with Crippen molar-refractivity contribution in [2.45, 2.75) is 25.4 Å². The summed E-state index contributed by atoms with van der Waals surface area (Å²) in [6, 6.07) is 11.5. The summed E-state index contributed by atoms with van der Waals surface area (Å²) in [4.78, 5) is 2.46. The lowest BCUT2D eigenvalue weighted by Crippen LogP contribution is -2.47. The second-order valence-electron chi connectivity index (χ2n) is 4.29. The first kappa shape index (κ1) is 11.4. The first-order chi connectivity index (χ1) is 7.83. The van der Waals surface area contributed by atoms with Gasteiger partial charge < -0.3 is 5.11 Å². The summed E-state index contributed by atoms with van der Waals surface area (Å²) < 4.78 is 0. The Labute approximate surface area is 97.2 Å². The highest BCUT2D eigenvalue weighted by Crippen LogP contribution is 2.30. The number of aliphatic hydroxyl groups is 1. The molecule has 1 aliphatic rings. The molecule has 2 heteroatoms. The predicted molar refractivity (Wildman–Crippen MR) is 66.2 cm³/mol. The highest BCUT2D eigenvalue weighted by Gasteiger charge is 2.30. The van der Waals surface area contributed by atoms with E-state index in [0.717, 1.165) is 6.54 Å². The number of likely N-dealkylation sites (tertiary alicyclic amines) is 1. The van der Waals surface area contributed by atoms with Crippen LogP contribution in [0.3, 0.4) is 0 Å². The van der Waals surface area contributed by atoms with Crippen LogP contribution in [0.25, 0.3) is 0 Å². The zero-order valence-corrected chi connectivity index (χ0v) is 9.71. The van der Waals surface area contributed by atoms with E-state index in [9.17, 15) is 0 Å². The third kappa shape index (κ3) is 2.34. The SMILES string of the molecule is C[C@H](c1ccccc1)N1CC[C@@H]1/C=C/CO. The molecule has 0 saturated carbocycles. The van der Waals surface area contributed by atoms with Gasteiger partial charge in [0.2, 0.25) is 0 Å². The van der Waals surface area contributed by atoms with Crippen LogP contribution in [0, 0.1) is 0 Å². The van der Waals surface area contributed by atoms with E-state index in [-0.39, 0.29) is 6.61 Å². The predicted octanol–water partition coefficient (Wildman–Crippen LogP) is 2.37. The smallest absolute Gasteiger partial charge is 0.0612 e. The lowest BCUT2D eigenvalue weighted by atomic mass is 9.96. The van der Waals surface area contributed by atoms with E-state index in [1.165, 1.54) is 12.0 Å². The van der Waals surface area contributed by atoms with Gasteiger partial charge in [-0.1, -0.05) is 42.5 Å². The van der Waals surface area contributed by atoms with Crippen molar-refractivity contribution in [3.05, 3.63) is 48.0 Å². The Morgan fingerprint density at radius 2 is 2.19 bits per heavy atom. The Morgan fingerprint density at radius 1 is 1.44 bits per heavy atom. The summed E-state index contributed by atoms with van der Waals surface area (Å²) in [6.07, 6.45) is 5.16. The van der Waals surface area contributed by atoms with Crippen molar-refractivity contribution in [1.29, 1.82) is 0 Å². The summed E-state index contributed by atoms with van der Waals surface area (Å²) in [7, 11) is 0. The maximum absolute atomic E-state index is 8.77. The highest BCUT2D eigenvalue weighted by atomic mass is 16.2. The van der Waals surface area contributed by atoms with E-state index in [0.29, 0.717) is 12.1 Å².